The minimum Gasteiger partial charge on any atom is -0.507 e. The van der Waals surface area contributed by atoms with Gasteiger partial charge in [-0.2, -0.15) is 0 Å². The largest absolute Gasteiger partial charge is 0.507 e. The molecule has 4 rings (SSSR count). The molecule has 0 radical (unpaired) electrons. The molecule has 14 nitrogen and oxygen atoms in total. The van der Waals surface area contributed by atoms with Crippen molar-refractivity contribution in [2.75, 3.05) is 40.8 Å². The number of cyclic esters (lactones) is 2. The van der Waals surface area contributed by atoms with E-state index >= 15 is 0 Å². The Labute approximate surface area is 327 Å². The maximum atomic E-state index is 12.2. The number of fused-ring (bicyclic) bond motifs is 2. The minimum absolute atomic E-state index is 0. The number of halogens is 1. The van der Waals surface area contributed by atoms with Crippen molar-refractivity contribution in [3.05, 3.63) is 67.8 Å². The van der Waals surface area contributed by atoms with Crippen LogP contribution >= 0.6 is 30.5 Å². The zero-order valence-electron chi connectivity index (χ0n) is 32.0. The molecule has 0 atom stereocenters. The van der Waals surface area contributed by atoms with Gasteiger partial charge in [0.05, 0.1) is 26.5 Å². The van der Waals surface area contributed by atoms with Crippen molar-refractivity contribution in [2.24, 2.45) is 0 Å². The highest BCUT2D eigenvalue weighted by Gasteiger charge is 2.33. The first-order chi connectivity index (χ1) is 24.4. The molecular formula is C36H55BrO14P2Si. The van der Waals surface area contributed by atoms with Crippen molar-refractivity contribution in [1.82, 2.24) is 0 Å². The van der Waals surface area contributed by atoms with E-state index in [1.807, 2.05) is 6.92 Å². The highest BCUT2D eigenvalue weighted by Crippen LogP contribution is 2.48. The predicted molar refractivity (Wildman–Crippen MR) is 214 cm³/mol. The lowest BCUT2D eigenvalue weighted by Crippen LogP contribution is -2.05. The number of benzene rings is 2. The van der Waals surface area contributed by atoms with Crippen LogP contribution < -0.4 is 9.47 Å². The van der Waals surface area contributed by atoms with Gasteiger partial charge in [0, 0.05) is 36.5 Å². The molecule has 2 heterocycles. The average molecular weight is 882 g/mol. The molecule has 0 aliphatic carbocycles. The second kappa shape index (κ2) is 20.3. The van der Waals surface area contributed by atoms with Crippen LogP contribution in [-0.2, 0) is 53.7 Å². The number of aromatic hydroxyl groups is 2. The van der Waals surface area contributed by atoms with E-state index in [0.29, 0.717) is 51.3 Å². The summed E-state index contributed by atoms with van der Waals surface area (Å²) in [6.07, 6.45) is 3.66. The number of carbonyl (C=O) groups is 2. The summed E-state index contributed by atoms with van der Waals surface area (Å²) in [5.74, 6) is -0.500. The average Bonchev–Trinajstić information content (AvgIpc) is 3.64. The molecule has 18 heteroatoms. The number of ether oxygens (including phenoxy) is 4. The Bertz CT molecular complexity index is 1850. The molecule has 304 valence electrons. The molecule has 0 unspecified atom stereocenters. The second-order valence-corrected chi connectivity index (χ2v) is 28.5. The van der Waals surface area contributed by atoms with Crippen LogP contribution in [0.2, 0.25) is 19.6 Å². The number of phenols is 2. The number of carbonyl (C=O) groups excluding carboxylic acids is 2. The van der Waals surface area contributed by atoms with Crippen LogP contribution in [-0.4, -0.2) is 79.4 Å². The number of rotatable bonds is 12. The molecule has 2 aromatic carbocycles. The number of hydrogen-bond donors (Lipinski definition) is 4. The van der Waals surface area contributed by atoms with Crippen LogP contribution in [0, 0.1) is 13.8 Å². The number of phenolic OH excluding ortho intramolecular Hbond substituents is 2. The summed E-state index contributed by atoms with van der Waals surface area (Å²) < 4.78 is 53.8. The Hall–Kier alpha value is -2.94. The van der Waals surface area contributed by atoms with Gasteiger partial charge in [-0.05, 0) is 51.7 Å². The highest BCUT2D eigenvalue weighted by atomic mass is 79.9. The standard InChI is InChI=1S/C17H23O7P.C15H19O7P.C3H9BrSi.CH4/c1-10(9-25(20,22-4)23-5)6-7-12-15(18)14-13(8-24-17(14)19)11(2)16(12)21-3;1-8(7-23(18,19)20)4-5-10-13(16)12-11(6-22-15(12)17)9(2)14(10)21-3;1-5(2,3)4;/h6,18H,7-9H2,1-5H3;4,16H,5-7H2,1-3H3,(H2,18,19,20);1-3H3;1H4/b10-6+;8-4+;;. The highest BCUT2D eigenvalue weighted by molar-refractivity contribution is 9.26. The van der Waals surface area contributed by atoms with E-state index in [9.17, 15) is 28.9 Å². The monoisotopic (exact) mass is 880 g/mol. The summed E-state index contributed by atoms with van der Waals surface area (Å²) in [5.41, 5.74) is 5.20. The van der Waals surface area contributed by atoms with Crippen molar-refractivity contribution < 1.29 is 66.7 Å². The lowest BCUT2D eigenvalue weighted by atomic mass is 9.95. The van der Waals surface area contributed by atoms with Gasteiger partial charge in [-0.15, -0.1) is 15.3 Å². The molecule has 0 bridgehead atoms. The van der Waals surface area contributed by atoms with Gasteiger partial charge in [-0.3, -0.25) is 9.13 Å². The first-order valence-corrected chi connectivity index (χ1v) is 25.6. The van der Waals surface area contributed by atoms with E-state index in [-0.39, 0.29) is 62.0 Å². The molecule has 54 heavy (non-hydrogen) atoms. The minimum atomic E-state index is -4.14. The molecule has 0 saturated heterocycles. The van der Waals surface area contributed by atoms with Crippen molar-refractivity contribution in [3.8, 4) is 23.0 Å². The Morgan fingerprint density at radius 2 is 1.09 bits per heavy atom. The fraction of sp³-hybridized carbons (Fsp3) is 0.500. The number of allylic oxidation sites excluding steroid dienone is 4. The lowest BCUT2D eigenvalue weighted by molar-refractivity contribution is 0.0523. The summed E-state index contributed by atoms with van der Waals surface area (Å²) in [6.45, 7) is 13.1. The summed E-state index contributed by atoms with van der Waals surface area (Å²) in [4.78, 5) is 41.6. The summed E-state index contributed by atoms with van der Waals surface area (Å²) in [6, 6.07) is 0. The van der Waals surface area contributed by atoms with E-state index in [2.05, 4.69) is 34.9 Å². The molecule has 0 saturated carbocycles. The van der Waals surface area contributed by atoms with Crippen molar-refractivity contribution in [2.45, 2.75) is 80.8 Å². The third kappa shape index (κ3) is 13.1. The molecule has 4 N–H and O–H groups in total. The molecule has 0 spiro atoms. The zero-order valence-corrected chi connectivity index (χ0v) is 36.4. The van der Waals surface area contributed by atoms with Gasteiger partial charge in [-0.1, -0.05) is 50.4 Å². The summed E-state index contributed by atoms with van der Waals surface area (Å²) in [5, 5.41) is 20.9. The predicted octanol–water partition coefficient (Wildman–Crippen LogP) is 8.25. The van der Waals surface area contributed by atoms with Crippen LogP contribution in [0.3, 0.4) is 0 Å². The van der Waals surface area contributed by atoms with Crippen LogP contribution in [0.15, 0.2) is 23.3 Å². The van der Waals surface area contributed by atoms with Crippen molar-refractivity contribution >= 4 is 49.1 Å². The van der Waals surface area contributed by atoms with E-state index in [1.165, 1.54) is 28.4 Å². The second-order valence-electron chi connectivity index (χ2n) is 13.4. The van der Waals surface area contributed by atoms with Crippen LogP contribution in [0.5, 0.6) is 23.0 Å². The first kappa shape index (κ1) is 49.1. The number of methoxy groups -OCH3 is 2. The third-order valence-corrected chi connectivity index (χ3v) is 11.0. The fourth-order valence-electron chi connectivity index (χ4n) is 5.57. The smallest absolute Gasteiger partial charge is 0.342 e. The number of esters is 2. The maximum absolute atomic E-state index is 12.2. The van der Waals surface area contributed by atoms with Crippen molar-refractivity contribution in [1.29, 1.82) is 0 Å². The Morgan fingerprint density at radius 3 is 1.39 bits per heavy atom. The lowest BCUT2D eigenvalue weighted by Gasteiger charge is -2.16. The van der Waals surface area contributed by atoms with Gasteiger partial charge < -0.3 is 48.0 Å². The van der Waals surface area contributed by atoms with E-state index in [4.69, 9.17) is 37.8 Å². The van der Waals surface area contributed by atoms with Gasteiger partial charge in [-0.25, -0.2) is 9.59 Å². The van der Waals surface area contributed by atoms with Crippen LogP contribution in [0.25, 0.3) is 0 Å². The topological polar surface area (TPSA) is 205 Å². The molecule has 2 aliphatic heterocycles. The Kier molecular flexibility index (Phi) is 18.4. The third-order valence-electron chi connectivity index (χ3n) is 8.06. The molecule has 0 aromatic heterocycles. The zero-order chi connectivity index (χ0) is 40.6. The molecular weight excluding hydrogens is 826 g/mol. The van der Waals surface area contributed by atoms with E-state index in [0.717, 1.165) is 11.1 Å². The number of hydrogen-bond acceptors (Lipinski definition) is 12. The molecule has 0 fully saturated rings. The summed E-state index contributed by atoms with van der Waals surface area (Å²) >= 11 is 3.51. The summed E-state index contributed by atoms with van der Waals surface area (Å²) in [7, 11) is -1.66. The molecule has 2 aromatic rings. The van der Waals surface area contributed by atoms with Gasteiger partial charge in [0.25, 0.3) is 0 Å². The molecule has 0 amide bonds. The SMILES string of the molecule is C.COc1c(C)c2c(c(O)c1C/C=C(\C)CP(=O)(O)O)C(=O)OC2.COc1c(C)c2c(c(O)c1C/C=C(\C)CP(=O)(OC)OC)C(=O)OC2.C[Si](C)(C)Br. The quantitative estimate of drug-likeness (QED) is 0.0521. The van der Waals surface area contributed by atoms with Gasteiger partial charge in [0.2, 0.25) is 0 Å². The Morgan fingerprint density at radius 1 is 0.759 bits per heavy atom. The maximum Gasteiger partial charge on any atom is 0.342 e. The van der Waals surface area contributed by atoms with Gasteiger partial charge in [0.15, 0.2) is 0 Å². The van der Waals surface area contributed by atoms with Gasteiger partial charge >= 0.3 is 27.1 Å². The fourth-order valence-corrected chi connectivity index (χ4v) is 7.50. The van der Waals surface area contributed by atoms with E-state index < -0.39 is 33.8 Å². The van der Waals surface area contributed by atoms with Crippen molar-refractivity contribution in [3.63, 3.8) is 0 Å². The Balaban J connectivity index is 0.000000473. The molecule has 2 aliphatic rings. The first-order valence-electron chi connectivity index (χ1n) is 16.3. The van der Waals surface area contributed by atoms with E-state index in [1.54, 1.807) is 32.9 Å². The van der Waals surface area contributed by atoms with Crippen LogP contribution in [0.1, 0.15) is 75.4 Å². The van der Waals surface area contributed by atoms with Gasteiger partial charge in [0.1, 0.15) is 54.0 Å². The normalized spacial score (nSPS) is 14.0. The van der Waals surface area contributed by atoms with Crippen LogP contribution in [0.4, 0.5) is 0 Å².